The Hall–Kier alpha value is 0.310. The number of nitrogens with one attached hydrogen (secondary N) is 1. The largest absolute Gasteiger partial charge is 0.310 e. The van der Waals surface area contributed by atoms with Gasteiger partial charge in [0.2, 0.25) is 0 Å². The molecule has 16 heavy (non-hydrogen) atoms. The first kappa shape index (κ1) is 11.4. The van der Waals surface area contributed by atoms with E-state index in [-0.39, 0.29) is 0 Å². The highest BCUT2D eigenvalue weighted by Gasteiger charge is 2.43. The molecular weight excluding hydrogens is 214 g/mol. The Morgan fingerprint density at radius 3 is 2.12 bits per heavy atom. The molecule has 0 bridgehead atoms. The Balaban J connectivity index is 1.57. The molecule has 0 spiro atoms. The summed E-state index contributed by atoms with van der Waals surface area (Å²) in [6.45, 7) is 0. The van der Waals surface area contributed by atoms with Crippen LogP contribution in [0.25, 0.3) is 0 Å². The minimum atomic E-state index is 0.829. The van der Waals surface area contributed by atoms with Crippen molar-refractivity contribution in [3.63, 3.8) is 0 Å². The molecule has 0 saturated heterocycles. The van der Waals surface area contributed by atoms with E-state index in [2.05, 4.69) is 23.3 Å². The van der Waals surface area contributed by atoms with Gasteiger partial charge < -0.3 is 5.32 Å². The maximum absolute atomic E-state index is 4.06. The minimum absolute atomic E-state index is 0.829. The van der Waals surface area contributed by atoms with Crippen LogP contribution in [0.15, 0.2) is 0 Å². The van der Waals surface area contributed by atoms with Gasteiger partial charge in [-0.05, 0) is 56.6 Å². The lowest BCUT2D eigenvalue weighted by Crippen LogP contribution is -2.47. The Morgan fingerprint density at radius 1 is 0.938 bits per heavy atom. The fourth-order valence-corrected chi connectivity index (χ4v) is 4.33. The highest BCUT2D eigenvalue weighted by molar-refractivity contribution is 7.99. The molecule has 2 heteroatoms. The van der Waals surface area contributed by atoms with E-state index in [0.717, 1.165) is 29.2 Å². The van der Waals surface area contributed by atoms with Crippen molar-refractivity contribution in [2.24, 2.45) is 11.8 Å². The molecule has 3 rings (SSSR count). The fourth-order valence-electron chi connectivity index (χ4n) is 3.38. The predicted octanol–water partition coefficient (Wildman–Crippen LogP) is 3.44. The Labute approximate surface area is 104 Å². The second-order valence-electron chi connectivity index (χ2n) is 6.03. The third-order valence-corrected chi connectivity index (χ3v) is 5.84. The van der Waals surface area contributed by atoms with Gasteiger partial charge in [-0.15, -0.1) is 0 Å². The number of thioether (sulfide) groups is 1. The van der Waals surface area contributed by atoms with Gasteiger partial charge in [-0.25, -0.2) is 0 Å². The summed E-state index contributed by atoms with van der Waals surface area (Å²) < 4.78 is 0. The summed E-state index contributed by atoms with van der Waals surface area (Å²) in [5.41, 5.74) is 0. The van der Waals surface area contributed by atoms with Crippen LogP contribution < -0.4 is 5.32 Å². The van der Waals surface area contributed by atoms with Gasteiger partial charge in [-0.1, -0.05) is 12.8 Å². The highest BCUT2D eigenvalue weighted by Crippen LogP contribution is 2.45. The van der Waals surface area contributed by atoms with E-state index in [0.29, 0.717) is 0 Å². The summed E-state index contributed by atoms with van der Waals surface area (Å²) in [7, 11) is 0. The van der Waals surface area contributed by atoms with Crippen LogP contribution in [0.4, 0.5) is 0 Å². The second-order valence-corrected chi connectivity index (χ2v) is 7.11. The fraction of sp³-hybridized carbons (Fsp3) is 1.00. The molecule has 0 amide bonds. The first-order valence-electron chi connectivity index (χ1n) is 7.17. The van der Waals surface area contributed by atoms with Crippen LogP contribution in [-0.4, -0.2) is 23.6 Å². The van der Waals surface area contributed by atoms with Crippen LogP contribution in [0.5, 0.6) is 0 Å². The number of hydrogen-bond acceptors (Lipinski definition) is 2. The van der Waals surface area contributed by atoms with E-state index >= 15 is 0 Å². The lowest BCUT2D eigenvalue weighted by atomic mass is 9.93. The molecule has 3 fully saturated rings. The summed E-state index contributed by atoms with van der Waals surface area (Å²) in [5.74, 6) is 2.11. The van der Waals surface area contributed by atoms with Crippen LogP contribution >= 0.6 is 11.8 Å². The van der Waals surface area contributed by atoms with Gasteiger partial charge in [0.05, 0.1) is 0 Å². The lowest BCUT2D eigenvalue weighted by Gasteiger charge is -2.34. The second kappa shape index (κ2) is 4.89. The third-order valence-electron chi connectivity index (χ3n) is 4.67. The van der Waals surface area contributed by atoms with Gasteiger partial charge in [0.15, 0.2) is 0 Å². The lowest BCUT2D eigenvalue weighted by molar-refractivity contribution is 0.308. The molecule has 3 saturated carbocycles. The average molecular weight is 239 g/mol. The van der Waals surface area contributed by atoms with E-state index in [1.165, 1.54) is 51.4 Å². The van der Waals surface area contributed by atoms with Crippen LogP contribution in [0.1, 0.15) is 51.4 Å². The SMILES string of the molecule is CSC1CCCCC1NC(C1CC1)C1CC1. The molecule has 0 aliphatic heterocycles. The van der Waals surface area contributed by atoms with Gasteiger partial charge in [-0.2, -0.15) is 11.8 Å². The highest BCUT2D eigenvalue weighted by atomic mass is 32.2. The standard InChI is InChI=1S/C14H25NS/c1-16-13-5-3-2-4-12(13)15-14(10-6-7-10)11-8-9-11/h10-15H,2-9H2,1H3. The molecule has 0 radical (unpaired) electrons. The van der Waals surface area contributed by atoms with Crippen molar-refractivity contribution in [3.05, 3.63) is 0 Å². The predicted molar refractivity (Wildman–Crippen MR) is 71.9 cm³/mol. The smallest absolute Gasteiger partial charge is 0.0198 e. The van der Waals surface area contributed by atoms with E-state index in [1.54, 1.807) is 0 Å². The maximum atomic E-state index is 4.06. The van der Waals surface area contributed by atoms with Crippen LogP contribution in [0.3, 0.4) is 0 Å². The van der Waals surface area contributed by atoms with Gasteiger partial charge >= 0.3 is 0 Å². The summed E-state index contributed by atoms with van der Waals surface area (Å²) in [6.07, 6.45) is 14.1. The topological polar surface area (TPSA) is 12.0 Å². The first-order valence-corrected chi connectivity index (χ1v) is 8.46. The van der Waals surface area contributed by atoms with E-state index < -0.39 is 0 Å². The van der Waals surface area contributed by atoms with E-state index in [4.69, 9.17) is 0 Å². The molecule has 0 heterocycles. The molecule has 0 aromatic rings. The van der Waals surface area contributed by atoms with E-state index in [1.807, 2.05) is 0 Å². The van der Waals surface area contributed by atoms with Crippen molar-refractivity contribution in [2.45, 2.75) is 68.7 Å². The Bertz CT molecular complexity index is 223. The van der Waals surface area contributed by atoms with Crippen LogP contribution in [0, 0.1) is 11.8 Å². The first-order chi connectivity index (χ1) is 7.88. The Kier molecular flexibility index (Phi) is 3.49. The van der Waals surface area contributed by atoms with E-state index in [9.17, 15) is 0 Å². The zero-order valence-electron chi connectivity index (χ0n) is 10.5. The van der Waals surface area contributed by atoms with Gasteiger partial charge in [0.1, 0.15) is 0 Å². The molecular formula is C14H25NS. The van der Waals surface area contributed by atoms with Crippen LogP contribution in [0.2, 0.25) is 0 Å². The summed E-state index contributed by atoms with van der Waals surface area (Å²) in [5, 5.41) is 4.96. The van der Waals surface area contributed by atoms with Gasteiger partial charge in [-0.3, -0.25) is 0 Å². The number of hydrogen-bond donors (Lipinski definition) is 1. The molecule has 0 aromatic heterocycles. The Morgan fingerprint density at radius 2 is 1.56 bits per heavy atom. The van der Waals surface area contributed by atoms with Crippen molar-refractivity contribution < 1.29 is 0 Å². The zero-order chi connectivity index (χ0) is 11.0. The zero-order valence-corrected chi connectivity index (χ0v) is 11.3. The monoisotopic (exact) mass is 239 g/mol. The van der Waals surface area contributed by atoms with Crippen molar-refractivity contribution in [1.82, 2.24) is 5.32 Å². The maximum Gasteiger partial charge on any atom is 0.0198 e. The summed E-state index contributed by atoms with van der Waals surface area (Å²) in [6, 6.07) is 1.73. The minimum Gasteiger partial charge on any atom is -0.310 e. The molecule has 92 valence electrons. The molecule has 3 aliphatic carbocycles. The summed E-state index contributed by atoms with van der Waals surface area (Å²) >= 11 is 2.10. The third kappa shape index (κ3) is 2.59. The molecule has 3 aliphatic rings. The van der Waals surface area contributed by atoms with Crippen molar-refractivity contribution in [3.8, 4) is 0 Å². The molecule has 2 unspecified atom stereocenters. The average Bonchev–Trinajstić information content (AvgIpc) is 3.18. The number of rotatable bonds is 5. The molecule has 2 atom stereocenters. The van der Waals surface area contributed by atoms with Crippen molar-refractivity contribution in [1.29, 1.82) is 0 Å². The molecule has 0 aromatic carbocycles. The van der Waals surface area contributed by atoms with Gasteiger partial charge in [0.25, 0.3) is 0 Å². The molecule has 1 nitrogen and oxygen atoms in total. The van der Waals surface area contributed by atoms with Crippen molar-refractivity contribution >= 4 is 11.8 Å². The quantitative estimate of drug-likeness (QED) is 0.789. The van der Waals surface area contributed by atoms with Crippen LogP contribution in [-0.2, 0) is 0 Å². The normalized spacial score (nSPS) is 35.6. The van der Waals surface area contributed by atoms with Gasteiger partial charge in [0, 0.05) is 17.3 Å². The summed E-state index contributed by atoms with van der Waals surface area (Å²) in [4.78, 5) is 0. The molecule has 1 N–H and O–H groups in total. The van der Waals surface area contributed by atoms with Crippen molar-refractivity contribution in [2.75, 3.05) is 6.26 Å².